The monoisotopic (exact) mass is 313 g/mol. The molecule has 4 heteroatoms. The smallest absolute Gasteiger partial charge is 0.166 e. The van der Waals surface area contributed by atoms with Gasteiger partial charge in [0.25, 0.3) is 0 Å². The van der Waals surface area contributed by atoms with Gasteiger partial charge >= 0.3 is 0 Å². The highest BCUT2D eigenvalue weighted by atomic mass is 16.5. The molecule has 0 unspecified atom stereocenters. The van der Waals surface area contributed by atoms with Gasteiger partial charge in [-0.05, 0) is 38.7 Å². The molecule has 122 valence electrons. The van der Waals surface area contributed by atoms with E-state index in [1.165, 1.54) is 11.1 Å². The van der Waals surface area contributed by atoms with Crippen molar-refractivity contribution in [2.24, 2.45) is 5.92 Å². The van der Waals surface area contributed by atoms with Crippen molar-refractivity contribution in [1.82, 2.24) is 4.90 Å². The summed E-state index contributed by atoms with van der Waals surface area (Å²) in [5, 5.41) is 10.6. The molecule has 1 heterocycles. The van der Waals surface area contributed by atoms with Crippen LogP contribution >= 0.6 is 0 Å². The summed E-state index contributed by atoms with van der Waals surface area (Å²) in [6.45, 7) is 0.945. The Morgan fingerprint density at radius 3 is 2.83 bits per heavy atom. The quantitative estimate of drug-likeness (QED) is 0.866. The molecule has 3 aliphatic rings. The largest absolute Gasteiger partial charge is 0.493 e. The average Bonchev–Trinajstić information content (AvgIpc) is 2.90. The van der Waals surface area contributed by atoms with Crippen LogP contribution in [0.3, 0.4) is 0 Å². The number of aliphatic hydroxyl groups is 1. The lowest BCUT2D eigenvalue weighted by Crippen LogP contribution is -2.53. The molecule has 0 bridgehead atoms. The van der Waals surface area contributed by atoms with E-state index >= 15 is 0 Å². The topological polar surface area (TPSA) is 41.9 Å². The van der Waals surface area contributed by atoms with E-state index in [4.69, 9.17) is 9.47 Å². The van der Waals surface area contributed by atoms with Gasteiger partial charge in [-0.2, -0.15) is 0 Å². The van der Waals surface area contributed by atoms with Gasteiger partial charge in [0.05, 0.1) is 12.5 Å². The SMILES string of the molecule is COc1ccc2c3c1O[C@@H]1[C@H](O)C=C[C@H](C=C2)[C@]31CCN(C)C. The molecule has 0 saturated carbocycles. The minimum absolute atomic E-state index is 0.216. The van der Waals surface area contributed by atoms with Crippen molar-refractivity contribution < 1.29 is 14.6 Å². The number of aliphatic hydroxyl groups excluding tert-OH is 1. The molecule has 0 fully saturated rings. The first-order chi connectivity index (χ1) is 11.1. The van der Waals surface area contributed by atoms with Gasteiger partial charge in [-0.1, -0.05) is 30.4 Å². The van der Waals surface area contributed by atoms with Crippen LogP contribution in [0.2, 0.25) is 0 Å². The fraction of sp³-hybridized carbons (Fsp3) is 0.474. The first-order valence-electron chi connectivity index (χ1n) is 8.15. The average molecular weight is 313 g/mol. The number of benzene rings is 1. The van der Waals surface area contributed by atoms with Crippen LogP contribution in [0.1, 0.15) is 17.5 Å². The Labute approximate surface area is 137 Å². The molecule has 4 rings (SSSR count). The van der Waals surface area contributed by atoms with E-state index in [0.29, 0.717) is 0 Å². The number of methoxy groups -OCH3 is 1. The second kappa shape index (κ2) is 5.11. The van der Waals surface area contributed by atoms with Crippen molar-refractivity contribution in [2.45, 2.75) is 24.0 Å². The Bertz CT molecular complexity index is 694. The van der Waals surface area contributed by atoms with Crippen LogP contribution in [0.25, 0.3) is 6.08 Å². The Morgan fingerprint density at radius 1 is 1.26 bits per heavy atom. The maximum atomic E-state index is 10.6. The summed E-state index contributed by atoms with van der Waals surface area (Å²) in [5.74, 6) is 1.81. The number of ether oxygens (including phenoxy) is 2. The van der Waals surface area contributed by atoms with E-state index in [0.717, 1.165) is 24.5 Å². The van der Waals surface area contributed by atoms with Crippen LogP contribution in [0.15, 0.2) is 30.4 Å². The highest BCUT2D eigenvalue weighted by molar-refractivity contribution is 5.71. The number of allylic oxidation sites excluding steroid dienone is 2. The molecular formula is C19H23NO3. The summed E-state index contributed by atoms with van der Waals surface area (Å²) in [4.78, 5) is 2.19. The molecular weight excluding hydrogens is 290 g/mol. The number of nitrogens with zero attached hydrogens (tertiary/aromatic N) is 1. The van der Waals surface area contributed by atoms with Crippen LogP contribution in [-0.2, 0) is 5.41 Å². The highest BCUT2D eigenvalue weighted by Gasteiger charge is 2.58. The first kappa shape index (κ1) is 14.8. The van der Waals surface area contributed by atoms with E-state index in [1.54, 1.807) is 7.11 Å². The van der Waals surface area contributed by atoms with Crippen LogP contribution in [-0.4, -0.2) is 50.0 Å². The number of hydrogen-bond acceptors (Lipinski definition) is 4. The maximum absolute atomic E-state index is 10.6. The molecule has 0 amide bonds. The Morgan fingerprint density at radius 2 is 2.09 bits per heavy atom. The molecule has 0 aromatic heterocycles. The predicted molar refractivity (Wildman–Crippen MR) is 89.9 cm³/mol. The van der Waals surface area contributed by atoms with E-state index in [-0.39, 0.29) is 17.4 Å². The van der Waals surface area contributed by atoms with Gasteiger partial charge in [-0.25, -0.2) is 0 Å². The van der Waals surface area contributed by atoms with Crippen LogP contribution in [0.4, 0.5) is 0 Å². The second-order valence-corrected chi connectivity index (χ2v) is 6.95. The molecule has 1 aliphatic heterocycles. The van der Waals surface area contributed by atoms with Crippen molar-refractivity contribution in [3.05, 3.63) is 41.5 Å². The lowest BCUT2D eigenvalue weighted by atomic mass is 9.59. The van der Waals surface area contributed by atoms with Crippen molar-refractivity contribution >= 4 is 6.08 Å². The molecule has 0 radical (unpaired) electrons. The molecule has 0 spiro atoms. The van der Waals surface area contributed by atoms with Crippen molar-refractivity contribution in [1.29, 1.82) is 0 Å². The van der Waals surface area contributed by atoms with E-state index in [9.17, 15) is 5.11 Å². The van der Waals surface area contributed by atoms with Gasteiger partial charge in [-0.3, -0.25) is 0 Å². The van der Waals surface area contributed by atoms with Crippen LogP contribution in [0, 0.1) is 5.92 Å². The molecule has 0 saturated heterocycles. The molecule has 4 atom stereocenters. The predicted octanol–water partition coefficient (Wildman–Crippen LogP) is 2.22. The Kier molecular flexibility index (Phi) is 3.29. The normalized spacial score (nSPS) is 32.8. The zero-order valence-corrected chi connectivity index (χ0v) is 13.8. The summed E-state index contributed by atoms with van der Waals surface area (Å²) in [7, 11) is 5.84. The van der Waals surface area contributed by atoms with Crippen LogP contribution < -0.4 is 9.47 Å². The van der Waals surface area contributed by atoms with Gasteiger partial charge in [0.1, 0.15) is 12.2 Å². The highest BCUT2D eigenvalue weighted by Crippen LogP contribution is 2.59. The summed E-state index contributed by atoms with van der Waals surface area (Å²) in [6.07, 6.45) is 8.51. The van der Waals surface area contributed by atoms with Crippen molar-refractivity contribution in [3.8, 4) is 11.5 Å². The minimum atomic E-state index is -0.593. The van der Waals surface area contributed by atoms with Crippen LogP contribution in [0.5, 0.6) is 11.5 Å². The lowest BCUT2D eigenvalue weighted by molar-refractivity contribution is 0.00751. The first-order valence-corrected chi connectivity index (χ1v) is 8.15. The summed E-state index contributed by atoms with van der Waals surface area (Å²) < 4.78 is 11.8. The van der Waals surface area contributed by atoms with Gasteiger partial charge in [0.15, 0.2) is 11.5 Å². The fourth-order valence-electron chi connectivity index (χ4n) is 4.37. The Hall–Kier alpha value is -1.78. The minimum Gasteiger partial charge on any atom is -0.493 e. The molecule has 1 N–H and O–H groups in total. The van der Waals surface area contributed by atoms with Gasteiger partial charge in [-0.15, -0.1) is 0 Å². The lowest BCUT2D eigenvalue weighted by Gasteiger charge is -2.45. The third kappa shape index (κ3) is 1.91. The van der Waals surface area contributed by atoms with Crippen molar-refractivity contribution in [2.75, 3.05) is 27.7 Å². The maximum Gasteiger partial charge on any atom is 0.166 e. The third-order valence-corrected chi connectivity index (χ3v) is 5.47. The summed E-state index contributed by atoms with van der Waals surface area (Å²) >= 11 is 0. The summed E-state index contributed by atoms with van der Waals surface area (Å²) in [5.41, 5.74) is 2.17. The Balaban J connectivity index is 1.93. The zero-order chi connectivity index (χ0) is 16.2. The molecule has 1 aromatic carbocycles. The van der Waals surface area contributed by atoms with E-state index in [2.05, 4.69) is 43.3 Å². The summed E-state index contributed by atoms with van der Waals surface area (Å²) in [6, 6.07) is 4.05. The van der Waals surface area contributed by atoms with Gasteiger partial charge in [0.2, 0.25) is 0 Å². The number of hydrogen-bond donors (Lipinski definition) is 1. The van der Waals surface area contributed by atoms with E-state index in [1.807, 2.05) is 12.1 Å². The zero-order valence-electron chi connectivity index (χ0n) is 13.8. The molecule has 23 heavy (non-hydrogen) atoms. The number of rotatable bonds is 4. The second-order valence-electron chi connectivity index (χ2n) is 6.95. The molecule has 1 aromatic rings. The van der Waals surface area contributed by atoms with Crippen molar-refractivity contribution in [3.63, 3.8) is 0 Å². The van der Waals surface area contributed by atoms with Gasteiger partial charge < -0.3 is 19.5 Å². The third-order valence-electron chi connectivity index (χ3n) is 5.47. The molecule has 4 nitrogen and oxygen atoms in total. The van der Waals surface area contributed by atoms with Gasteiger partial charge in [0, 0.05) is 11.5 Å². The fourth-order valence-corrected chi connectivity index (χ4v) is 4.37. The van der Waals surface area contributed by atoms with E-state index < -0.39 is 6.10 Å². The standard InChI is InChI=1S/C19H23NO3/c1-20(2)11-10-19-13-6-4-12-5-9-15(22-3)17(16(12)19)23-18(19)14(21)8-7-13/h4-9,13-14,18,21H,10-11H2,1-3H3/t13-,14+,18+,19+/m0/s1. The molecule has 2 aliphatic carbocycles.